The number of rotatable bonds is 4. The summed E-state index contributed by atoms with van der Waals surface area (Å²) >= 11 is 3.16. The molecule has 0 aliphatic rings. The minimum Gasteiger partial charge on any atom is -0.278 e. The number of halogens is 1. The summed E-state index contributed by atoms with van der Waals surface area (Å²) < 4.78 is 27.1. The van der Waals surface area contributed by atoms with E-state index in [0.29, 0.717) is 10.2 Å². The predicted molar refractivity (Wildman–Crippen MR) is 75.8 cm³/mol. The Bertz CT molecular complexity index is 764. The Hall–Kier alpha value is -2.00. The summed E-state index contributed by atoms with van der Waals surface area (Å²) in [4.78, 5) is 13.6. The summed E-state index contributed by atoms with van der Waals surface area (Å²) in [6, 6.07) is 6.29. The first kappa shape index (κ1) is 14.4. The molecule has 0 saturated heterocycles. The average Bonchev–Trinajstić information content (AvgIpc) is 2.41. The minimum absolute atomic E-state index is 0.185. The Morgan fingerprint density at radius 2 is 2.05 bits per heavy atom. The number of nitro benzene ring substituents is 1. The fourth-order valence-electron chi connectivity index (χ4n) is 1.43. The van der Waals surface area contributed by atoms with Crippen molar-refractivity contribution < 1.29 is 13.3 Å². The normalized spacial score (nSPS) is 11.1. The van der Waals surface area contributed by atoms with Crippen molar-refractivity contribution in [3.63, 3.8) is 0 Å². The van der Waals surface area contributed by atoms with Crippen LogP contribution in [0.4, 0.5) is 11.4 Å². The number of sulfonamides is 1. The number of nitrogens with one attached hydrogen (secondary N) is 1. The van der Waals surface area contributed by atoms with E-state index in [1.165, 1.54) is 36.7 Å². The molecule has 0 bridgehead atoms. The highest BCUT2D eigenvalue weighted by molar-refractivity contribution is 9.10. The highest BCUT2D eigenvalue weighted by Gasteiger charge is 2.18. The highest BCUT2D eigenvalue weighted by atomic mass is 79.9. The van der Waals surface area contributed by atoms with Crippen LogP contribution in [0.1, 0.15) is 0 Å². The van der Waals surface area contributed by atoms with Gasteiger partial charge in [-0.05, 0) is 28.1 Å². The van der Waals surface area contributed by atoms with E-state index >= 15 is 0 Å². The van der Waals surface area contributed by atoms with Crippen molar-refractivity contribution in [1.29, 1.82) is 0 Å². The number of nitrogens with zero attached hydrogens (tertiary/aromatic N) is 2. The molecule has 2 rings (SSSR count). The molecule has 1 N–H and O–H groups in total. The van der Waals surface area contributed by atoms with Gasteiger partial charge in [0.1, 0.15) is 0 Å². The van der Waals surface area contributed by atoms with Crippen LogP contribution in [0.15, 0.2) is 52.1 Å². The number of benzene rings is 1. The van der Waals surface area contributed by atoms with Gasteiger partial charge in [0.05, 0.1) is 20.0 Å². The Kier molecular flexibility index (Phi) is 4.00. The van der Waals surface area contributed by atoms with Crippen LogP contribution >= 0.6 is 15.9 Å². The molecule has 0 saturated carbocycles. The van der Waals surface area contributed by atoms with Gasteiger partial charge in [-0.3, -0.25) is 19.8 Å². The Labute approximate surface area is 123 Å². The molecule has 1 aromatic carbocycles. The third kappa shape index (κ3) is 3.11. The average molecular weight is 358 g/mol. The zero-order valence-electron chi connectivity index (χ0n) is 9.86. The summed E-state index contributed by atoms with van der Waals surface area (Å²) in [6.45, 7) is 0. The zero-order chi connectivity index (χ0) is 14.8. The first-order valence-electron chi connectivity index (χ1n) is 5.27. The Morgan fingerprint density at radius 3 is 2.70 bits per heavy atom. The van der Waals surface area contributed by atoms with E-state index in [1.54, 1.807) is 0 Å². The molecule has 7 nitrogen and oxygen atoms in total. The quantitative estimate of drug-likeness (QED) is 0.668. The number of nitro groups is 1. The molecule has 1 heterocycles. The van der Waals surface area contributed by atoms with Crippen LogP contribution < -0.4 is 4.72 Å². The van der Waals surface area contributed by atoms with Crippen LogP contribution in [0.2, 0.25) is 0 Å². The molecule has 9 heteroatoms. The van der Waals surface area contributed by atoms with Crippen molar-refractivity contribution in [2.24, 2.45) is 0 Å². The molecule has 0 atom stereocenters. The molecule has 0 fully saturated rings. The van der Waals surface area contributed by atoms with Crippen LogP contribution in [0.5, 0.6) is 0 Å². The van der Waals surface area contributed by atoms with Gasteiger partial charge in [-0.2, -0.15) is 0 Å². The SMILES string of the molecule is O=[N+]([O-])c1cccc(S(=O)(=O)Nc2ccncc2Br)c1. The van der Waals surface area contributed by atoms with E-state index in [2.05, 4.69) is 25.6 Å². The Morgan fingerprint density at radius 1 is 1.30 bits per heavy atom. The fraction of sp³-hybridized carbons (Fsp3) is 0. The first-order valence-corrected chi connectivity index (χ1v) is 7.54. The first-order chi connectivity index (χ1) is 9.40. The molecular formula is C11H8BrN3O4S. The second-order valence-electron chi connectivity index (χ2n) is 3.72. The van der Waals surface area contributed by atoms with Gasteiger partial charge in [0.2, 0.25) is 0 Å². The van der Waals surface area contributed by atoms with Gasteiger partial charge in [0.15, 0.2) is 0 Å². The lowest BCUT2D eigenvalue weighted by atomic mass is 10.3. The van der Waals surface area contributed by atoms with Crippen molar-refractivity contribution in [3.05, 3.63) is 57.3 Å². The van der Waals surface area contributed by atoms with Crippen LogP contribution in [0.25, 0.3) is 0 Å². The van der Waals surface area contributed by atoms with Crippen LogP contribution in [-0.4, -0.2) is 18.3 Å². The lowest BCUT2D eigenvalue weighted by molar-refractivity contribution is -0.385. The second kappa shape index (κ2) is 5.55. The lowest BCUT2D eigenvalue weighted by Gasteiger charge is -2.09. The van der Waals surface area contributed by atoms with Gasteiger partial charge in [0, 0.05) is 24.5 Å². The van der Waals surface area contributed by atoms with Crippen LogP contribution in [0, 0.1) is 10.1 Å². The van der Waals surface area contributed by atoms with Crippen LogP contribution in [-0.2, 0) is 10.0 Å². The van der Waals surface area contributed by atoms with Gasteiger partial charge in [-0.25, -0.2) is 8.42 Å². The van der Waals surface area contributed by atoms with Gasteiger partial charge < -0.3 is 0 Å². The summed E-state index contributed by atoms with van der Waals surface area (Å²) in [6.07, 6.45) is 2.86. The van der Waals surface area contributed by atoms with E-state index in [4.69, 9.17) is 0 Å². The molecule has 1 aromatic heterocycles. The smallest absolute Gasteiger partial charge is 0.270 e. The molecule has 2 aromatic rings. The van der Waals surface area contributed by atoms with Gasteiger partial charge in [0.25, 0.3) is 15.7 Å². The summed E-state index contributed by atoms with van der Waals surface area (Å²) in [5, 5.41) is 10.7. The van der Waals surface area contributed by atoms with Crippen molar-refractivity contribution in [3.8, 4) is 0 Å². The molecule has 0 aliphatic carbocycles. The standard InChI is InChI=1S/C11H8BrN3O4S/c12-10-7-13-5-4-11(10)14-20(18,19)9-3-1-2-8(6-9)15(16)17/h1-7H,(H,13,14). The largest absolute Gasteiger partial charge is 0.278 e. The molecule has 0 unspecified atom stereocenters. The monoisotopic (exact) mass is 357 g/mol. The molecule has 0 radical (unpaired) electrons. The molecule has 104 valence electrons. The van der Waals surface area contributed by atoms with E-state index in [1.807, 2.05) is 0 Å². The maximum atomic E-state index is 12.2. The summed E-state index contributed by atoms with van der Waals surface area (Å²) in [7, 11) is -3.90. The maximum Gasteiger partial charge on any atom is 0.270 e. The Balaban J connectivity index is 2.38. The predicted octanol–water partition coefficient (Wildman–Crippen LogP) is 2.55. The summed E-state index contributed by atoms with van der Waals surface area (Å²) in [5.41, 5.74) is 0.00757. The maximum absolute atomic E-state index is 12.2. The van der Waals surface area contributed by atoms with E-state index < -0.39 is 14.9 Å². The van der Waals surface area contributed by atoms with Crippen molar-refractivity contribution in [1.82, 2.24) is 4.98 Å². The van der Waals surface area contributed by atoms with Crippen molar-refractivity contribution in [2.75, 3.05) is 4.72 Å². The second-order valence-corrected chi connectivity index (χ2v) is 6.25. The number of pyridine rings is 1. The third-order valence-electron chi connectivity index (χ3n) is 2.36. The molecule has 0 spiro atoms. The van der Waals surface area contributed by atoms with Gasteiger partial charge >= 0.3 is 0 Å². The number of anilines is 1. The number of non-ortho nitro benzene ring substituents is 1. The number of hydrogen-bond acceptors (Lipinski definition) is 5. The number of hydrogen-bond donors (Lipinski definition) is 1. The van der Waals surface area contributed by atoms with Gasteiger partial charge in [-0.1, -0.05) is 6.07 Å². The van der Waals surface area contributed by atoms with Gasteiger partial charge in [-0.15, -0.1) is 0 Å². The van der Waals surface area contributed by atoms with Crippen LogP contribution in [0.3, 0.4) is 0 Å². The zero-order valence-corrected chi connectivity index (χ0v) is 12.3. The molecule has 0 aliphatic heterocycles. The third-order valence-corrected chi connectivity index (χ3v) is 4.35. The summed E-state index contributed by atoms with van der Waals surface area (Å²) in [5.74, 6) is 0. The van der Waals surface area contributed by atoms with E-state index in [0.717, 1.165) is 6.07 Å². The van der Waals surface area contributed by atoms with E-state index in [-0.39, 0.29) is 10.6 Å². The molecular weight excluding hydrogens is 350 g/mol. The topological polar surface area (TPSA) is 102 Å². The highest BCUT2D eigenvalue weighted by Crippen LogP contribution is 2.24. The lowest BCUT2D eigenvalue weighted by Crippen LogP contribution is -2.13. The molecule has 20 heavy (non-hydrogen) atoms. The molecule has 0 amide bonds. The minimum atomic E-state index is -3.90. The van der Waals surface area contributed by atoms with E-state index in [9.17, 15) is 18.5 Å². The van der Waals surface area contributed by atoms with Crippen molar-refractivity contribution >= 4 is 37.3 Å². The number of aromatic nitrogens is 1. The van der Waals surface area contributed by atoms with Crippen molar-refractivity contribution in [2.45, 2.75) is 4.90 Å². The fourth-order valence-corrected chi connectivity index (χ4v) is 3.03.